The first-order chi connectivity index (χ1) is 6.22. The van der Waals surface area contributed by atoms with Crippen LogP contribution in [0.5, 0.6) is 0 Å². The summed E-state index contributed by atoms with van der Waals surface area (Å²) in [6.45, 7) is 1.43. The lowest BCUT2D eigenvalue weighted by molar-refractivity contribution is -0.856. The third-order valence-corrected chi connectivity index (χ3v) is 3.14. The number of ether oxygens (including phenoxy) is 2. The lowest BCUT2D eigenvalue weighted by Gasteiger charge is -2.38. The zero-order chi connectivity index (χ0) is 9.31. The first kappa shape index (κ1) is 9.40. The van der Waals surface area contributed by atoms with E-state index in [1.807, 2.05) is 0 Å². The molecular weight excluding hydrogens is 170 g/mol. The predicted octanol–water partition coefficient (Wildman–Crippen LogP) is -0.315. The van der Waals surface area contributed by atoms with Crippen LogP contribution < -0.4 is 5.06 Å². The Morgan fingerprint density at radius 2 is 1.77 bits per heavy atom. The van der Waals surface area contributed by atoms with Crippen molar-refractivity contribution in [3.63, 3.8) is 0 Å². The molecule has 0 aromatic carbocycles. The molecule has 13 heavy (non-hydrogen) atoms. The number of nitrogens with one attached hydrogen (secondary N) is 1. The smallest absolute Gasteiger partial charge is 0.168 e. The van der Waals surface area contributed by atoms with E-state index >= 15 is 0 Å². The molecule has 1 saturated heterocycles. The van der Waals surface area contributed by atoms with E-state index in [-0.39, 0.29) is 11.8 Å². The van der Waals surface area contributed by atoms with Crippen LogP contribution in [0.25, 0.3) is 0 Å². The van der Waals surface area contributed by atoms with E-state index in [2.05, 4.69) is 0 Å². The van der Waals surface area contributed by atoms with Gasteiger partial charge in [-0.25, -0.2) is 0 Å². The zero-order valence-corrected chi connectivity index (χ0v) is 8.04. The summed E-state index contributed by atoms with van der Waals surface area (Å²) >= 11 is 0. The Labute approximate surface area is 78.4 Å². The van der Waals surface area contributed by atoms with Gasteiger partial charge >= 0.3 is 0 Å². The Morgan fingerprint density at radius 3 is 2.23 bits per heavy atom. The molecule has 0 amide bonds. The summed E-state index contributed by atoms with van der Waals surface area (Å²) < 4.78 is 11.2. The van der Waals surface area contributed by atoms with Crippen molar-refractivity contribution in [2.75, 3.05) is 20.3 Å². The quantitative estimate of drug-likeness (QED) is 0.572. The highest BCUT2D eigenvalue weighted by Gasteiger charge is 2.41. The highest BCUT2D eigenvalue weighted by Crippen LogP contribution is 2.34. The van der Waals surface area contributed by atoms with Crippen molar-refractivity contribution in [2.45, 2.75) is 37.5 Å². The highest BCUT2D eigenvalue weighted by atomic mass is 16.7. The SMILES string of the molecule is C[NH+]([O-])C1CCC2(CC1)OCCO2. The van der Waals surface area contributed by atoms with E-state index in [0.717, 1.165) is 25.7 Å². The maximum Gasteiger partial charge on any atom is 0.168 e. The zero-order valence-electron chi connectivity index (χ0n) is 8.04. The van der Waals surface area contributed by atoms with Crippen LogP contribution in [0, 0.1) is 5.21 Å². The average Bonchev–Trinajstić information content (AvgIpc) is 2.54. The van der Waals surface area contributed by atoms with Crippen molar-refractivity contribution < 1.29 is 14.5 Å². The lowest BCUT2D eigenvalue weighted by Crippen LogP contribution is -3.08. The van der Waals surface area contributed by atoms with Crippen LogP contribution in [0.1, 0.15) is 25.7 Å². The fourth-order valence-corrected chi connectivity index (χ4v) is 2.25. The molecule has 0 aromatic heterocycles. The van der Waals surface area contributed by atoms with Gasteiger partial charge in [-0.15, -0.1) is 0 Å². The van der Waals surface area contributed by atoms with Crippen molar-refractivity contribution in [1.82, 2.24) is 0 Å². The minimum atomic E-state index is -0.314. The van der Waals surface area contributed by atoms with E-state index in [1.54, 1.807) is 7.05 Å². The molecule has 1 unspecified atom stereocenters. The molecule has 1 N–H and O–H groups in total. The number of quaternary nitrogens is 1. The van der Waals surface area contributed by atoms with Crippen molar-refractivity contribution in [3.05, 3.63) is 5.21 Å². The Kier molecular flexibility index (Phi) is 2.55. The van der Waals surface area contributed by atoms with E-state index in [4.69, 9.17) is 9.47 Å². The van der Waals surface area contributed by atoms with Crippen LogP contribution in [-0.4, -0.2) is 32.1 Å². The van der Waals surface area contributed by atoms with Crippen LogP contribution in [0.4, 0.5) is 0 Å². The molecule has 4 heteroatoms. The Balaban J connectivity index is 1.88. The van der Waals surface area contributed by atoms with Gasteiger partial charge in [-0.1, -0.05) is 0 Å². The summed E-state index contributed by atoms with van der Waals surface area (Å²) in [4.78, 5) is 0. The summed E-state index contributed by atoms with van der Waals surface area (Å²) in [6, 6.07) is 0.249. The second-order valence-electron chi connectivity index (χ2n) is 3.99. The fraction of sp³-hybridized carbons (Fsp3) is 1.00. The molecule has 4 nitrogen and oxygen atoms in total. The molecule has 0 bridgehead atoms. The molecule has 76 valence electrons. The Hall–Kier alpha value is -0.160. The number of hydrogen-bond donors (Lipinski definition) is 1. The first-order valence-electron chi connectivity index (χ1n) is 5.00. The molecule has 1 saturated carbocycles. The molecule has 1 heterocycles. The van der Waals surface area contributed by atoms with Crippen molar-refractivity contribution >= 4 is 0 Å². The molecular formula is C9H17NO3. The van der Waals surface area contributed by atoms with Crippen LogP contribution >= 0.6 is 0 Å². The molecule has 1 atom stereocenters. The largest absolute Gasteiger partial charge is 0.634 e. The van der Waals surface area contributed by atoms with Gasteiger partial charge in [0.1, 0.15) is 0 Å². The maximum absolute atomic E-state index is 11.1. The van der Waals surface area contributed by atoms with Gasteiger partial charge in [-0.3, -0.25) is 0 Å². The molecule has 2 fully saturated rings. The Bertz CT molecular complexity index is 168. The summed E-state index contributed by atoms with van der Waals surface area (Å²) in [5, 5.41) is 11.4. The first-order valence-corrected chi connectivity index (χ1v) is 5.00. The van der Waals surface area contributed by atoms with Gasteiger partial charge in [-0.05, 0) is 0 Å². The van der Waals surface area contributed by atoms with E-state index in [0.29, 0.717) is 18.3 Å². The van der Waals surface area contributed by atoms with E-state index in [9.17, 15) is 5.21 Å². The number of hydrogen-bond acceptors (Lipinski definition) is 3. The van der Waals surface area contributed by atoms with Crippen molar-refractivity contribution in [2.24, 2.45) is 0 Å². The normalized spacial score (nSPS) is 30.9. The van der Waals surface area contributed by atoms with Gasteiger partial charge < -0.3 is 19.7 Å². The number of rotatable bonds is 1. The molecule has 1 aliphatic carbocycles. The summed E-state index contributed by atoms with van der Waals surface area (Å²) in [7, 11) is 1.68. The molecule has 2 aliphatic rings. The molecule has 0 aromatic rings. The molecule has 1 aliphatic heterocycles. The highest BCUT2D eigenvalue weighted by molar-refractivity contribution is 4.82. The number of hydroxylamine groups is 2. The van der Waals surface area contributed by atoms with E-state index < -0.39 is 0 Å². The second-order valence-corrected chi connectivity index (χ2v) is 3.99. The minimum Gasteiger partial charge on any atom is -0.634 e. The third kappa shape index (κ3) is 1.86. The van der Waals surface area contributed by atoms with Crippen LogP contribution in [0.2, 0.25) is 0 Å². The molecule has 1 spiro atoms. The van der Waals surface area contributed by atoms with E-state index in [1.165, 1.54) is 0 Å². The Morgan fingerprint density at radius 1 is 1.23 bits per heavy atom. The van der Waals surface area contributed by atoms with Crippen LogP contribution in [-0.2, 0) is 9.47 Å². The van der Waals surface area contributed by atoms with Gasteiger partial charge in [-0.2, -0.15) is 0 Å². The van der Waals surface area contributed by atoms with Gasteiger partial charge in [0.15, 0.2) is 5.79 Å². The fourth-order valence-electron chi connectivity index (χ4n) is 2.25. The van der Waals surface area contributed by atoms with Crippen molar-refractivity contribution in [3.8, 4) is 0 Å². The monoisotopic (exact) mass is 187 g/mol. The average molecular weight is 187 g/mol. The summed E-state index contributed by atoms with van der Waals surface area (Å²) in [5.41, 5.74) is 0. The van der Waals surface area contributed by atoms with Crippen molar-refractivity contribution in [1.29, 1.82) is 0 Å². The topological polar surface area (TPSA) is 46.0 Å². The second kappa shape index (κ2) is 3.53. The predicted molar refractivity (Wildman–Crippen MR) is 47.1 cm³/mol. The standard InChI is InChI=1S/C9H17NO3/c1-10(11)8-2-4-9(5-3-8)12-6-7-13-9/h8,10H,2-7H2,1H3. The van der Waals surface area contributed by atoms with Gasteiger partial charge in [0, 0.05) is 25.7 Å². The van der Waals surface area contributed by atoms with Crippen LogP contribution in [0.15, 0.2) is 0 Å². The molecule has 0 radical (unpaired) electrons. The van der Waals surface area contributed by atoms with Gasteiger partial charge in [0.25, 0.3) is 0 Å². The molecule has 2 rings (SSSR count). The van der Waals surface area contributed by atoms with Crippen LogP contribution in [0.3, 0.4) is 0 Å². The summed E-state index contributed by atoms with van der Waals surface area (Å²) in [5.74, 6) is -0.314. The third-order valence-electron chi connectivity index (χ3n) is 3.14. The minimum absolute atomic E-state index is 0.249. The maximum atomic E-state index is 11.1. The van der Waals surface area contributed by atoms with Gasteiger partial charge in [0.05, 0.1) is 26.3 Å². The van der Waals surface area contributed by atoms with Gasteiger partial charge in [0.2, 0.25) is 0 Å². The lowest BCUT2D eigenvalue weighted by atomic mass is 9.90. The summed E-state index contributed by atoms with van der Waals surface area (Å²) in [6.07, 6.45) is 3.62.